The third-order valence-electron chi connectivity index (χ3n) is 4.20. The lowest BCUT2D eigenvalue weighted by Gasteiger charge is -2.34. The highest BCUT2D eigenvalue weighted by atomic mass is 15.0. The van der Waals surface area contributed by atoms with Crippen molar-refractivity contribution in [3.05, 3.63) is 0 Å². The molecule has 1 N–H and O–H groups in total. The SMILES string of the molecule is CCC1(CNC(C)(C)C)CC2CC2C1. The molecule has 1 heteroatoms. The highest BCUT2D eigenvalue weighted by Crippen LogP contribution is 2.60. The highest BCUT2D eigenvalue weighted by molar-refractivity contribution is 5.04. The third-order valence-corrected chi connectivity index (χ3v) is 4.20. The largest absolute Gasteiger partial charge is 0.312 e. The summed E-state index contributed by atoms with van der Waals surface area (Å²) in [5.41, 5.74) is 0.940. The zero-order valence-corrected chi connectivity index (χ0v) is 10.2. The van der Waals surface area contributed by atoms with Crippen molar-refractivity contribution in [2.45, 2.75) is 58.9 Å². The lowest BCUT2D eigenvalue weighted by molar-refractivity contribution is 0.216. The van der Waals surface area contributed by atoms with Crippen LogP contribution in [0.2, 0.25) is 0 Å². The van der Waals surface area contributed by atoms with Crippen LogP contribution in [0.25, 0.3) is 0 Å². The molecule has 0 spiro atoms. The monoisotopic (exact) mass is 195 g/mol. The topological polar surface area (TPSA) is 12.0 Å². The van der Waals surface area contributed by atoms with Crippen LogP contribution in [-0.2, 0) is 0 Å². The first-order chi connectivity index (χ1) is 6.44. The lowest BCUT2D eigenvalue weighted by atomic mass is 9.80. The van der Waals surface area contributed by atoms with Crippen LogP contribution in [0.5, 0.6) is 0 Å². The second-order valence-corrected chi connectivity index (χ2v) is 6.62. The van der Waals surface area contributed by atoms with Crippen LogP contribution in [0.4, 0.5) is 0 Å². The summed E-state index contributed by atoms with van der Waals surface area (Å²) in [6.45, 7) is 10.4. The summed E-state index contributed by atoms with van der Waals surface area (Å²) in [5.74, 6) is 2.22. The Morgan fingerprint density at radius 2 is 1.79 bits per heavy atom. The second kappa shape index (κ2) is 3.23. The second-order valence-electron chi connectivity index (χ2n) is 6.62. The summed E-state index contributed by atoms with van der Waals surface area (Å²) < 4.78 is 0. The first-order valence-electron chi connectivity index (χ1n) is 6.19. The van der Waals surface area contributed by atoms with Gasteiger partial charge in [0, 0.05) is 12.1 Å². The standard InChI is InChI=1S/C13H25N/c1-5-13(9-14-12(2,3)4)7-10-6-11(10)8-13/h10-11,14H,5-9H2,1-4H3. The molecule has 2 aliphatic carbocycles. The summed E-state index contributed by atoms with van der Waals surface area (Å²) in [5, 5.41) is 3.70. The quantitative estimate of drug-likeness (QED) is 0.729. The average Bonchev–Trinajstić information content (AvgIpc) is 2.70. The van der Waals surface area contributed by atoms with Crippen molar-refractivity contribution >= 4 is 0 Å². The Kier molecular flexibility index (Phi) is 2.42. The Balaban J connectivity index is 1.87. The minimum atomic E-state index is 0.287. The molecular formula is C13H25N. The number of nitrogens with one attached hydrogen (secondary N) is 1. The van der Waals surface area contributed by atoms with Crippen molar-refractivity contribution in [2.75, 3.05) is 6.54 Å². The van der Waals surface area contributed by atoms with E-state index in [1.54, 1.807) is 0 Å². The van der Waals surface area contributed by atoms with Gasteiger partial charge in [-0.2, -0.15) is 0 Å². The van der Waals surface area contributed by atoms with Crippen molar-refractivity contribution in [1.82, 2.24) is 5.32 Å². The van der Waals surface area contributed by atoms with Gasteiger partial charge in [0.1, 0.15) is 0 Å². The maximum atomic E-state index is 3.70. The van der Waals surface area contributed by atoms with Crippen LogP contribution in [0.1, 0.15) is 53.4 Å². The maximum Gasteiger partial charge on any atom is 0.00967 e. The molecule has 2 fully saturated rings. The van der Waals surface area contributed by atoms with Crippen LogP contribution in [0, 0.1) is 17.3 Å². The van der Waals surface area contributed by atoms with Crippen LogP contribution < -0.4 is 5.32 Å². The summed E-state index contributed by atoms with van der Waals surface area (Å²) in [4.78, 5) is 0. The Morgan fingerprint density at radius 3 is 2.21 bits per heavy atom. The highest BCUT2D eigenvalue weighted by Gasteiger charge is 2.52. The van der Waals surface area contributed by atoms with Gasteiger partial charge in [0.2, 0.25) is 0 Å². The van der Waals surface area contributed by atoms with E-state index in [0.29, 0.717) is 5.41 Å². The van der Waals surface area contributed by atoms with Gasteiger partial charge in [-0.3, -0.25) is 0 Å². The van der Waals surface area contributed by atoms with Gasteiger partial charge < -0.3 is 5.32 Å². The average molecular weight is 195 g/mol. The predicted octanol–water partition coefficient (Wildman–Crippen LogP) is 3.20. The van der Waals surface area contributed by atoms with Gasteiger partial charge in [0.15, 0.2) is 0 Å². The molecule has 2 unspecified atom stereocenters. The molecule has 0 heterocycles. The fourth-order valence-electron chi connectivity index (χ4n) is 3.02. The summed E-state index contributed by atoms with van der Waals surface area (Å²) in [7, 11) is 0. The molecule has 0 aromatic rings. The van der Waals surface area contributed by atoms with Crippen molar-refractivity contribution in [2.24, 2.45) is 17.3 Å². The van der Waals surface area contributed by atoms with Gasteiger partial charge in [-0.05, 0) is 63.7 Å². The third kappa shape index (κ3) is 2.13. The zero-order chi connectivity index (χ0) is 10.4. The molecule has 0 amide bonds. The minimum absolute atomic E-state index is 0.287. The Bertz CT molecular complexity index is 204. The van der Waals surface area contributed by atoms with E-state index < -0.39 is 0 Å². The number of rotatable bonds is 3. The fraction of sp³-hybridized carbons (Fsp3) is 1.00. The molecule has 82 valence electrons. The van der Waals surface area contributed by atoms with Crippen LogP contribution in [-0.4, -0.2) is 12.1 Å². The molecule has 2 saturated carbocycles. The molecule has 2 atom stereocenters. The molecule has 14 heavy (non-hydrogen) atoms. The molecule has 0 aromatic carbocycles. The molecule has 0 aromatic heterocycles. The van der Waals surface area contributed by atoms with Crippen LogP contribution in [0.3, 0.4) is 0 Å². The Labute approximate surface area is 88.7 Å². The fourth-order valence-corrected chi connectivity index (χ4v) is 3.02. The van der Waals surface area contributed by atoms with Gasteiger partial charge in [0.05, 0.1) is 0 Å². The first kappa shape index (κ1) is 10.5. The first-order valence-corrected chi connectivity index (χ1v) is 6.19. The van der Waals surface area contributed by atoms with E-state index in [-0.39, 0.29) is 5.54 Å². The summed E-state index contributed by atoms with van der Waals surface area (Å²) in [6, 6.07) is 0. The van der Waals surface area contributed by atoms with Gasteiger partial charge in [-0.15, -0.1) is 0 Å². The smallest absolute Gasteiger partial charge is 0.00967 e. The molecule has 2 aliphatic rings. The van der Waals surface area contributed by atoms with Gasteiger partial charge in [0.25, 0.3) is 0 Å². The minimum Gasteiger partial charge on any atom is -0.312 e. The van der Waals surface area contributed by atoms with Gasteiger partial charge in [-0.25, -0.2) is 0 Å². The van der Waals surface area contributed by atoms with E-state index in [2.05, 4.69) is 33.0 Å². The molecular weight excluding hydrogens is 170 g/mol. The van der Waals surface area contributed by atoms with E-state index in [1.165, 1.54) is 32.2 Å². The van der Waals surface area contributed by atoms with E-state index in [4.69, 9.17) is 0 Å². The summed E-state index contributed by atoms with van der Waals surface area (Å²) >= 11 is 0. The van der Waals surface area contributed by atoms with Crippen molar-refractivity contribution in [1.29, 1.82) is 0 Å². The zero-order valence-electron chi connectivity index (χ0n) is 10.2. The molecule has 1 nitrogen and oxygen atoms in total. The lowest BCUT2D eigenvalue weighted by Crippen LogP contribution is -2.43. The molecule has 0 bridgehead atoms. The number of hydrogen-bond acceptors (Lipinski definition) is 1. The molecule has 0 radical (unpaired) electrons. The van der Waals surface area contributed by atoms with E-state index in [0.717, 1.165) is 11.8 Å². The Hall–Kier alpha value is -0.0400. The molecule has 2 rings (SSSR count). The van der Waals surface area contributed by atoms with Crippen LogP contribution in [0.15, 0.2) is 0 Å². The van der Waals surface area contributed by atoms with E-state index in [9.17, 15) is 0 Å². The van der Waals surface area contributed by atoms with Crippen molar-refractivity contribution in [3.8, 4) is 0 Å². The van der Waals surface area contributed by atoms with Crippen LogP contribution >= 0.6 is 0 Å². The van der Waals surface area contributed by atoms with E-state index >= 15 is 0 Å². The Morgan fingerprint density at radius 1 is 1.21 bits per heavy atom. The number of hydrogen-bond donors (Lipinski definition) is 1. The van der Waals surface area contributed by atoms with Gasteiger partial charge in [-0.1, -0.05) is 6.92 Å². The molecule has 0 aliphatic heterocycles. The normalized spacial score (nSPS) is 41.1. The van der Waals surface area contributed by atoms with Gasteiger partial charge >= 0.3 is 0 Å². The van der Waals surface area contributed by atoms with Crippen molar-refractivity contribution < 1.29 is 0 Å². The number of fused-ring (bicyclic) bond motifs is 1. The molecule has 0 saturated heterocycles. The van der Waals surface area contributed by atoms with E-state index in [1.807, 2.05) is 0 Å². The summed E-state index contributed by atoms with van der Waals surface area (Å²) in [6.07, 6.45) is 5.90. The maximum absolute atomic E-state index is 3.70. The predicted molar refractivity (Wildman–Crippen MR) is 61.3 cm³/mol. The van der Waals surface area contributed by atoms with Crippen molar-refractivity contribution in [3.63, 3.8) is 0 Å².